The number of amides is 1. The fourth-order valence-electron chi connectivity index (χ4n) is 1.86. The number of thioether (sulfide) groups is 1. The Kier molecular flexibility index (Phi) is 4.69. The zero-order valence-corrected chi connectivity index (χ0v) is 12.6. The Labute approximate surface area is 123 Å². The molecule has 0 aliphatic rings. The van der Waals surface area contributed by atoms with Crippen LogP contribution >= 0.6 is 11.8 Å². The Hall–Kier alpha value is -1.94. The molecule has 0 aliphatic heterocycles. The third-order valence-corrected chi connectivity index (χ3v) is 3.70. The van der Waals surface area contributed by atoms with E-state index in [-0.39, 0.29) is 5.91 Å². The SMILES string of the molecule is COc1ccc(C)cc1NC(=O)c1ccc(SC)cc1. The summed E-state index contributed by atoms with van der Waals surface area (Å²) in [6.07, 6.45) is 2.01. The monoisotopic (exact) mass is 287 g/mol. The standard InChI is InChI=1S/C16H17NO2S/c1-11-4-9-15(19-2)14(10-11)17-16(18)12-5-7-13(20-3)8-6-12/h4-10H,1-3H3,(H,17,18). The average Bonchev–Trinajstić information content (AvgIpc) is 2.47. The molecule has 1 amide bonds. The molecular formula is C16H17NO2S. The highest BCUT2D eigenvalue weighted by atomic mass is 32.2. The van der Waals surface area contributed by atoms with Crippen LogP contribution < -0.4 is 10.1 Å². The van der Waals surface area contributed by atoms with Gasteiger partial charge in [-0.1, -0.05) is 6.07 Å². The lowest BCUT2D eigenvalue weighted by atomic mass is 10.1. The van der Waals surface area contributed by atoms with E-state index in [1.54, 1.807) is 18.9 Å². The predicted molar refractivity (Wildman–Crippen MR) is 83.9 cm³/mol. The van der Waals surface area contributed by atoms with E-state index in [0.717, 1.165) is 10.5 Å². The summed E-state index contributed by atoms with van der Waals surface area (Å²) in [6.45, 7) is 1.97. The fraction of sp³-hybridized carbons (Fsp3) is 0.188. The Morgan fingerprint density at radius 1 is 1.15 bits per heavy atom. The molecule has 1 N–H and O–H groups in total. The summed E-state index contributed by atoms with van der Waals surface area (Å²) in [5.41, 5.74) is 2.39. The second-order valence-corrected chi connectivity index (χ2v) is 5.27. The molecule has 0 spiro atoms. The number of aryl methyl sites for hydroxylation is 1. The van der Waals surface area contributed by atoms with Gasteiger partial charge in [0.2, 0.25) is 0 Å². The van der Waals surface area contributed by atoms with Gasteiger partial charge >= 0.3 is 0 Å². The molecule has 0 aliphatic carbocycles. The van der Waals surface area contributed by atoms with E-state index in [0.29, 0.717) is 17.0 Å². The van der Waals surface area contributed by atoms with Crippen molar-refractivity contribution in [2.45, 2.75) is 11.8 Å². The highest BCUT2D eigenvalue weighted by molar-refractivity contribution is 7.98. The first-order valence-corrected chi connectivity index (χ1v) is 7.46. The largest absolute Gasteiger partial charge is 0.495 e. The van der Waals surface area contributed by atoms with Crippen molar-refractivity contribution >= 4 is 23.4 Å². The molecule has 2 rings (SSSR count). The average molecular weight is 287 g/mol. The van der Waals surface area contributed by atoms with Gasteiger partial charge in [-0.25, -0.2) is 0 Å². The number of nitrogens with one attached hydrogen (secondary N) is 1. The second-order valence-electron chi connectivity index (χ2n) is 4.39. The minimum atomic E-state index is -0.137. The molecule has 0 fully saturated rings. The normalized spacial score (nSPS) is 10.2. The first-order chi connectivity index (χ1) is 9.63. The van der Waals surface area contributed by atoms with Crippen molar-refractivity contribution in [3.8, 4) is 5.75 Å². The molecule has 4 heteroatoms. The first kappa shape index (κ1) is 14.5. The lowest BCUT2D eigenvalue weighted by Gasteiger charge is -2.11. The van der Waals surface area contributed by atoms with E-state index in [2.05, 4.69) is 5.32 Å². The van der Waals surface area contributed by atoms with E-state index in [1.165, 1.54) is 0 Å². The lowest BCUT2D eigenvalue weighted by molar-refractivity contribution is 0.102. The molecule has 0 radical (unpaired) electrons. The quantitative estimate of drug-likeness (QED) is 0.864. The molecule has 0 bridgehead atoms. The van der Waals surface area contributed by atoms with E-state index in [9.17, 15) is 4.79 Å². The van der Waals surface area contributed by atoms with Gasteiger partial charge in [-0.2, -0.15) is 0 Å². The summed E-state index contributed by atoms with van der Waals surface area (Å²) in [4.78, 5) is 13.4. The molecule has 0 aromatic heterocycles. The summed E-state index contributed by atoms with van der Waals surface area (Å²) in [5, 5.41) is 2.89. The number of hydrogen-bond acceptors (Lipinski definition) is 3. The van der Waals surface area contributed by atoms with E-state index >= 15 is 0 Å². The molecule has 3 nitrogen and oxygen atoms in total. The van der Waals surface area contributed by atoms with E-state index in [1.807, 2.05) is 55.6 Å². The van der Waals surface area contributed by atoms with Gasteiger partial charge in [0.15, 0.2) is 0 Å². The van der Waals surface area contributed by atoms with Gasteiger partial charge in [-0.3, -0.25) is 4.79 Å². The molecule has 0 atom stereocenters. The van der Waals surface area contributed by atoms with Crippen LogP contribution in [0.15, 0.2) is 47.4 Å². The summed E-state index contributed by atoms with van der Waals surface area (Å²) in [6, 6.07) is 13.2. The summed E-state index contributed by atoms with van der Waals surface area (Å²) < 4.78 is 5.26. The Balaban J connectivity index is 2.20. The fourth-order valence-corrected chi connectivity index (χ4v) is 2.26. The smallest absolute Gasteiger partial charge is 0.255 e. The van der Waals surface area contributed by atoms with Crippen molar-refractivity contribution in [3.05, 3.63) is 53.6 Å². The molecular weight excluding hydrogens is 270 g/mol. The van der Waals surface area contributed by atoms with Crippen LogP contribution in [-0.4, -0.2) is 19.3 Å². The van der Waals surface area contributed by atoms with Crippen LogP contribution in [0.4, 0.5) is 5.69 Å². The number of rotatable bonds is 4. The van der Waals surface area contributed by atoms with Crippen LogP contribution in [0, 0.1) is 6.92 Å². The molecule has 0 unspecified atom stereocenters. The number of hydrogen-bond donors (Lipinski definition) is 1. The number of carbonyl (C=O) groups excluding carboxylic acids is 1. The van der Waals surface area contributed by atoms with E-state index < -0.39 is 0 Å². The van der Waals surface area contributed by atoms with Gasteiger partial charge in [-0.05, 0) is 55.1 Å². The van der Waals surface area contributed by atoms with Crippen molar-refractivity contribution in [1.29, 1.82) is 0 Å². The van der Waals surface area contributed by atoms with Crippen LogP contribution in [0.1, 0.15) is 15.9 Å². The van der Waals surface area contributed by atoms with Crippen molar-refractivity contribution < 1.29 is 9.53 Å². The Morgan fingerprint density at radius 2 is 1.85 bits per heavy atom. The number of carbonyl (C=O) groups is 1. The maximum Gasteiger partial charge on any atom is 0.255 e. The molecule has 20 heavy (non-hydrogen) atoms. The van der Waals surface area contributed by atoms with Gasteiger partial charge in [0.25, 0.3) is 5.91 Å². The van der Waals surface area contributed by atoms with Crippen molar-refractivity contribution in [1.82, 2.24) is 0 Å². The van der Waals surface area contributed by atoms with Crippen molar-refractivity contribution in [2.75, 3.05) is 18.7 Å². The molecule has 104 valence electrons. The molecule has 0 saturated carbocycles. The highest BCUT2D eigenvalue weighted by Crippen LogP contribution is 2.26. The third-order valence-electron chi connectivity index (χ3n) is 2.96. The van der Waals surface area contributed by atoms with Crippen molar-refractivity contribution in [2.24, 2.45) is 0 Å². The lowest BCUT2D eigenvalue weighted by Crippen LogP contribution is -2.12. The van der Waals surface area contributed by atoms with Gasteiger partial charge in [0.05, 0.1) is 12.8 Å². The number of methoxy groups -OCH3 is 1. The van der Waals surface area contributed by atoms with Crippen LogP contribution in [-0.2, 0) is 0 Å². The maximum absolute atomic E-state index is 12.2. The predicted octanol–water partition coefficient (Wildman–Crippen LogP) is 3.98. The van der Waals surface area contributed by atoms with Crippen LogP contribution in [0.2, 0.25) is 0 Å². The number of benzene rings is 2. The maximum atomic E-state index is 12.2. The minimum Gasteiger partial charge on any atom is -0.495 e. The third kappa shape index (κ3) is 3.33. The van der Waals surface area contributed by atoms with Crippen LogP contribution in [0.3, 0.4) is 0 Å². The molecule has 2 aromatic carbocycles. The number of ether oxygens (including phenoxy) is 1. The van der Waals surface area contributed by atoms with Gasteiger partial charge in [-0.15, -0.1) is 11.8 Å². The Morgan fingerprint density at radius 3 is 2.45 bits per heavy atom. The van der Waals surface area contributed by atoms with E-state index in [4.69, 9.17) is 4.74 Å². The summed E-state index contributed by atoms with van der Waals surface area (Å²) >= 11 is 1.65. The second kappa shape index (κ2) is 6.48. The molecule has 0 heterocycles. The Bertz CT molecular complexity index is 608. The van der Waals surface area contributed by atoms with Gasteiger partial charge < -0.3 is 10.1 Å². The summed E-state index contributed by atoms with van der Waals surface area (Å²) in [5.74, 6) is 0.520. The van der Waals surface area contributed by atoms with Crippen molar-refractivity contribution in [3.63, 3.8) is 0 Å². The highest BCUT2D eigenvalue weighted by Gasteiger charge is 2.09. The zero-order chi connectivity index (χ0) is 14.5. The number of anilines is 1. The van der Waals surface area contributed by atoms with Gasteiger partial charge in [0.1, 0.15) is 5.75 Å². The van der Waals surface area contributed by atoms with Gasteiger partial charge in [0, 0.05) is 10.5 Å². The topological polar surface area (TPSA) is 38.3 Å². The first-order valence-electron chi connectivity index (χ1n) is 6.24. The molecule has 0 saturated heterocycles. The van der Waals surface area contributed by atoms with Crippen LogP contribution in [0.5, 0.6) is 5.75 Å². The van der Waals surface area contributed by atoms with Crippen LogP contribution in [0.25, 0.3) is 0 Å². The summed E-state index contributed by atoms with van der Waals surface area (Å²) in [7, 11) is 1.59. The molecule has 2 aromatic rings. The zero-order valence-electron chi connectivity index (χ0n) is 11.8. The minimum absolute atomic E-state index is 0.137.